The molecule has 1 saturated heterocycles. The highest BCUT2D eigenvalue weighted by Gasteiger charge is 2.54. The highest BCUT2D eigenvalue weighted by molar-refractivity contribution is 5.91. The summed E-state index contributed by atoms with van der Waals surface area (Å²) in [5.74, 6) is 0.291. The maximum atomic E-state index is 13.4. The van der Waals surface area contributed by atoms with Crippen molar-refractivity contribution in [1.29, 1.82) is 0 Å². The molecule has 1 aromatic carbocycles. The van der Waals surface area contributed by atoms with Gasteiger partial charge in [-0.25, -0.2) is 4.39 Å². The van der Waals surface area contributed by atoms with E-state index < -0.39 is 5.41 Å². The molecule has 2 aliphatic rings. The highest BCUT2D eigenvalue weighted by Crippen LogP contribution is 2.50. The molecule has 1 amide bonds. The standard InChI is InChI=1S/C16H21FN2O.ClH/c1-11-7-12(9-18)10-19(11)15(20)16(5-6-16)13-3-2-4-14(17)8-13;/h2-4,8,11-12H,5-7,9-10,18H2,1H3;1H. The van der Waals surface area contributed by atoms with E-state index in [0.29, 0.717) is 12.5 Å². The lowest BCUT2D eigenvalue weighted by Gasteiger charge is -2.27. The van der Waals surface area contributed by atoms with Crippen molar-refractivity contribution in [2.24, 2.45) is 11.7 Å². The average Bonchev–Trinajstić information content (AvgIpc) is 3.16. The van der Waals surface area contributed by atoms with Crippen molar-refractivity contribution < 1.29 is 9.18 Å². The maximum Gasteiger partial charge on any atom is 0.233 e. The smallest absolute Gasteiger partial charge is 0.233 e. The molecule has 3 nitrogen and oxygen atoms in total. The second-order valence-corrected chi connectivity index (χ2v) is 6.24. The van der Waals surface area contributed by atoms with E-state index in [1.165, 1.54) is 12.1 Å². The number of carbonyl (C=O) groups excluding carboxylic acids is 1. The zero-order chi connectivity index (χ0) is 14.3. The number of amides is 1. The minimum absolute atomic E-state index is 0. The highest BCUT2D eigenvalue weighted by atomic mass is 35.5. The second-order valence-electron chi connectivity index (χ2n) is 6.24. The molecule has 1 aliphatic carbocycles. The van der Waals surface area contributed by atoms with Crippen LogP contribution in [0.4, 0.5) is 4.39 Å². The molecule has 21 heavy (non-hydrogen) atoms. The van der Waals surface area contributed by atoms with E-state index in [2.05, 4.69) is 6.92 Å². The van der Waals surface area contributed by atoms with Crippen LogP contribution in [0, 0.1) is 11.7 Å². The molecule has 1 heterocycles. The van der Waals surface area contributed by atoms with Gasteiger partial charge in [-0.05, 0) is 56.3 Å². The molecule has 1 saturated carbocycles. The monoisotopic (exact) mass is 312 g/mol. The third kappa shape index (κ3) is 2.79. The van der Waals surface area contributed by atoms with Gasteiger partial charge in [0.25, 0.3) is 0 Å². The molecule has 2 unspecified atom stereocenters. The van der Waals surface area contributed by atoms with E-state index in [1.807, 2.05) is 11.0 Å². The van der Waals surface area contributed by atoms with Gasteiger partial charge in [0.15, 0.2) is 0 Å². The van der Waals surface area contributed by atoms with Gasteiger partial charge < -0.3 is 10.6 Å². The fraction of sp³-hybridized carbons (Fsp3) is 0.562. The number of carbonyl (C=O) groups is 1. The van der Waals surface area contributed by atoms with Crippen molar-refractivity contribution in [1.82, 2.24) is 4.90 Å². The second kappa shape index (κ2) is 5.93. The molecular formula is C16H22ClFN2O. The van der Waals surface area contributed by atoms with Crippen LogP contribution in [0.15, 0.2) is 24.3 Å². The predicted octanol–water partition coefficient (Wildman–Crippen LogP) is 2.47. The number of rotatable bonds is 3. The average molecular weight is 313 g/mol. The Balaban J connectivity index is 0.00000161. The Hall–Kier alpha value is -1.13. The van der Waals surface area contributed by atoms with Gasteiger partial charge in [-0.2, -0.15) is 0 Å². The summed E-state index contributed by atoms with van der Waals surface area (Å²) in [5, 5.41) is 0. The minimum atomic E-state index is -0.472. The summed E-state index contributed by atoms with van der Waals surface area (Å²) in [7, 11) is 0. The topological polar surface area (TPSA) is 46.3 Å². The molecule has 0 radical (unpaired) electrons. The zero-order valence-corrected chi connectivity index (χ0v) is 13.0. The molecule has 2 atom stereocenters. The van der Waals surface area contributed by atoms with Crippen molar-refractivity contribution >= 4 is 18.3 Å². The number of halogens is 2. The number of likely N-dealkylation sites (tertiary alicyclic amines) is 1. The minimum Gasteiger partial charge on any atom is -0.339 e. The largest absolute Gasteiger partial charge is 0.339 e. The predicted molar refractivity (Wildman–Crippen MR) is 82.9 cm³/mol. The van der Waals surface area contributed by atoms with Crippen molar-refractivity contribution in [3.63, 3.8) is 0 Å². The quantitative estimate of drug-likeness (QED) is 0.932. The van der Waals surface area contributed by atoms with E-state index >= 15 is 0 Å². The van der Waals surface area contributed by atoms with Gasteiger partial charge in [-0.15, -0.1) is 12.4 Å². The summed E-state index contributed by atoms with van der Waals surface area (Å²) < 4.78 is 13.4. The summed E-state index contributed by atoms with van der Waals surface area (Å²) in [6.45, 7) is 3.45. The first-order valence-corrected chi connectivity index (χ1v) is 7.34. The van der Waals surface area contributed by atoms with E-state index in [4.69, 9.17) is 5.73 Å². The van der Waals surface area contributed by atoms with E-state index in [0.717, 1.165) is 31.4 Å². The molecule has 3 rings (SSSR count). The Bertz CT molecular complexity index is 533. The molecule has 0 aromatic heterocycles. The molecule has 2 fully saturated rings. The van der Waals surface area contributed by atoms with Gasteiger partial charge in [-0.3, -0.25) is 4.79 Å². The van der Waals surface area contributed by atoms with Gasteiger partial charge in [0, 0.05) is 12.6 Å². The molecule has 2 N–H and O–H groups in total. The molecule has 0 bridgehead atoms. The number of nitrogens with two attached hydrogens (primary N) is 1. The normalized spacial score (nSPS) is 26.3. The first kappa shape index (κ1) is 16.2. The summed E-state index contributed by atoms with van der Waals surface area (Å²) in [5.41, 5.74) is 6.08. The van der Waals surface area contributed by atoms with Crippen LogP contribution in [0.2, 0.25) is 0 Å². The molecule has 1 aliphatic heterocycles. The first-order chi connectivity index (χ1) is 9.56. The van der Waals surface area contributed by atoms with Gasteiger partial charge in [0.2, 0.25) is 5.91 Å². The Kier molecular flexibility index (Phi) is 4.59. The summed E-state index contributed by atoms with van der Waals surface area (Å²) >= 11 is 0. The Morgan fingerprint density at radius 3 is 2.71 bits per heavy atom. The van der Waals surface area contributed by atoms with Crippen LogP contribution in [0.1, 0.15) is 31.7 Å². The Morgan fingerprint density at radius 2 is 2.19 bits per heavy atom. The van der Waals surface area contributed by atoms with Crippen molar-refractivity contribution in [3.8, 4) is 0 Å². The summed E-state index contributed by atoms with van der Waals surface area (Å²) in [6.07, 6.45) is 2.62. The molecular weight excluding hydrogens is 291 g/mol. The fourth-order valence-corrected chi connectivity index (χ4v) is 3.41. The van der Waals surface area contributed by atoms with Gasteiger partial charge >= 0.3 is 0 Å². The van der Waals surface area contributed by atoms with Gasteiger partial charge in [-0.1, -0.05) is 12.1 Å². The van der Waals surface area contributed by atoms with Crippen LogP contribution in [-0.4, -0.2) is 29.9 Å². The van der Waals surface area contributed by atoms with E-state index in [1.54, 1.807) is 6.07 Å². The van der Waals surface area contributed by atoms with Crippen LogP contribution in [0.5, 0.6) is 0 Å². The number of hydrogen-bond donors (Lipinski definition) is 1. The lowest BCUT2D eigenvalue weighted by molar-refractivity contribution is -0.134. The summed E-state index contributed by atoms with van der Waals surface area (Å²) in [4.78, 5) is 14.8. The molecule has 1 aromatic rings. The lowest BCUT2D eigenvalue weighted by Crippen LogP contribution is -2.41. The van der Waals surface area contributed by atoms with Crippen LogP contribution >= 0.6 is 12.4 Å². The molecule has 0 spiro atoms. The first-order valence-electron chi connectivity index (χ1n) is 7.34. The Labute approximate surface area is 131 Å². The van der Waals surface area contributed by atoms with Gasteiger partial charge in [0.1, 0.15) is 5.82 Å². The number of nitrogens with zero attached hydrogens (tertiary/aromatic N) is 1. The maximum absolute atomic E-state index is 13.4. The fourth-order valence-electron chi connectivity index (χ4n) is 3.41. The molecule has 5 heteroatoms. The van der Waals surface area contributed by atoms with Crippen LogP contribution < -0.4 is 5.73 Å². The summed E-state index contributed by atoms with van der Waals surface area (Å²) in [6, 6.07) is 6.73. The molecule has 116 valence electrons. The number of hydrogen-bond acceptors (Lipinski definition) is 2. The zero-order valence-electron chi connectivity index (χ0n) is 12.2. The number of benzene rings is 1. The van der Waals surface area contributed by atoms with Crippen LogP contribution in [-0.2, 0) is 10.2 Å². The third-order valence-corrected chi connectivity index (χ3v) is 4.79. The lowest BCUT2D eigenvalue weighted by atomic mass is 9.94. The van der Waals surface area contributed by atoms with Crippen molar-refractivity contribution in [2.45, 2.75) is 37.6 Å². The van der Waals surface area contributed by atoms with Gasteiger partial charge in [0.05, 0.1) is 5.41 Å². The van der Waals surface area contributed by atoms with E-state index in [9.17, 15) is 9.18 Å². The third-order valence-electron chi connectivity index (χ3n) is 4.79. The van der Waals surface area contributed by atoms with E-state index in [-0.39, 0.29) is 30.2 Å². The van der Waals surface area contributed by atoms with Crippen molar-refractivity contribution in [3.05, 3.63) is 35.6 Å². The SMILES string of the molecule is CC1CC(CN)CN1C(=O)C1(c2cccc(F)c2)CC1.Cl. The Morgan fingerprint density at radius 1 is 1.48 bits per heavy atom. The van der Waals surface area contributed by atoms with Crippen molar-refractivity contribution in [2.75, 3.05) is 13.1 Å². The van der Waals surface area contributed by atoms with Crippen LogP contribution in [0.3, 0.4) is 0 Å². The van der Waals surface area contributed by atoms with Crippen LogP contribution in [0.25, 0.3) is 0 Å².